The highest BCUT2D eigenvalue weighted by Crippen LogP contribution is 2.29. The van der Waals surface area contributed by atoms with E-state index in [0.717, 1.165) is 28.0 Å². The Bertz CT molecular complexity index is 1530. The maximum atomic E-state index is 12.6. The Labute approximate surface area is 197 Å². The molecule has 0 N–H and O–H groups in total. The number of halogens is 1. The molecule has 5 nitrogen and oxygen atoms in total. The predicted octanol–water partition coefficient (Wildman–Crippen LogP) is 6.17. The van der Waals surface area contributed by atoms with Crippen molar-refractivity contribution in [2.75, 3.05) is 0 Å². The van der Waals surface area contributed by atoms with E-state index in [9.17, 15) is 8.42 Å². The molecule has 0 fully saturated rings. The Hall–Kier alpha value is -3.61. The number of benzene rings is 4. The van der Waals surface area contributed by atoms with Crippen molar-refractivity contribution in [2.45, 2.75) is 11.4 Å². The van der Waals surface area contributed by atoms with Crippen LogP contribution in [0, 0.1) is 0 Å². The zero-order chi connectivity index (χ0) is 22.8. The normalized spacial score (nSPS) is 11.5. The van der Waals surface area contributed by atoms with Gasteiger partial charge in [-0.2, -0.15) is 8.42 Å². The summed E-state index contributed by atoms with van der Waals surface area (Å²) in [6.07, 6.45) is 0. The second-order valence-corrected chi connectivity index (χ2v) is 9.41. The molecule has 0 saturated carbocycles. The Morgan fingerprint density at radius 1 is 0.788 bits per heavy atom. The molecule has 5 aromatic rings. The number of nitrogens with zero attached hydrogens (tertiary/aromatic N) is 2. The van der Waals surface area contributed by atoms with Gasteiger partial charge in [0.05, 0.1) is 16.1 Å². The van der Waals surface area contributed by atoms with Crippen LogP contribution in [0.25, 0.3) is 22.4 Å². The summed E-state index contributed by atoms with van der Waals surface area (Å²) < 4.78 is 32.7. The topological polar surface area (TPSA) is 61.2 Å². The van der Waals surface area contributed by atoms with Gasteiger partial charge in [0.15, 0.2) is 0 Å². The Morgan fingerprint density at radius 2 is 1.45 bits per heavy atom. The summed E-state index contributed by atoms with van der Waals surface area (Å²) in [7, 11) is -4.04. The van der Waals surface area contributed by atoms with E-state index in [1.165, 1.54) is 12.1 Å². The van der Waals surface area contributed by atoms with E-state index in [2.05, 4.69) is 16.7 Å². The van der Waals surface area contributed by atoms with E-state index < -0.39 is 10.1 Å². The summed E-state index contributed by atoms with van der Waals surface area (Å²) >= 11 is 6.03. The molecule has 0 radical (unpaired) electrons. The fourth-order valence-corrected chi connectivity index (χ4v) is 5.13. The standard InChI is InChI=1S/C26H19ClN2O3S/c27-22-10-4-7-13-25(22)33(30,31)32-21-16-14-20(15-17-21)26-28-23-11-5-6-12-24(23)29(26)18-19-8-2-1-3-9-19/h1-17H,18H2. The number of hydrogen-bond donors (Lipinski definition) is 0. The molecule has 4 aromatic carbocycles. The van der Waals surface area contributed by atoms with Crippen molar-refractivity contribution in [2.24, 2.45) is 0 Å². The van der Waals surface area contributed by atoms with Crippen LogP contribution in [0.4, 0.5) is 0 Å². The van der Waals surface area contributed by atoms with Crippen LogP contribution < -0.4 is 4.18 Å². The number of rotatable bonds is 6. The molecular formula is C26H19ClN2O3S. The maximum absolute atomic E-state index is 12.6. The van der Waals surface area contributed by atoms with Crippen LogP contribution in [0.5, 0.6) is 5.75 Å². The first kappa shape index (κ1) is 21.2. The van der Waals surface area contributed by atoms with Gasteiger partial charge in [0.2, 0.25) is 0 Å². The summed E-state index contributed by atoms with van der Waals surface area (Å²) in [4.78, 5) is 4.76. The first-order valence-electron chi connectivity index (χ1n) is 10.3. The molecule has 0 saturated heterocycles. The second kappa shape index (κ2) is 8.73. The highest BCUT2D eigenvalue weighted by Gasteiger charge is 2.20. The first-order valence-corrected chi connectivity index (χ1v) is 12.1. The lowest BCUT2D eigenvalue weighted by molar-refractivity contribution is 0.486. The molecule has 0 aliphatic carbocycles. The van der Waals surface area contributed by atoms with Crippen LogP contribution in [0.2, 0.25) is 5.02 Å². The highest BCUT2D eigenvalue weighted by molar-refractivity contribution is 7.87. The Balaban J connectivity index is 1.49. The SMILES string of the molecule is O=S(=O)(Oc1ccc(-c2nc3ccccc3n2Cc2ccccc2)cc1)c1ccccc1Cl. The summed E-state index contributed by atoms with van der Waals surface area (Å²) in [6.45, 7) is 0.663. The third-order valence-electron chi connectivity index (χ3n) is 5.26. The van der Waals surface area contributed by atoms with Gasteiger partial charge >= 0.3 is 10.1 Å². The van der Waals surface area contributed by atoms with Gasteiger partial charge in [-0.25, -0.2) is 4.98 Å². The molecular weight excluding hydrogens is 456 g/mol. The molecule has 0 unspecified atom stereocenters. The van der Waals surface area contributed by atoms with Crippen LogP contribution in [-0.2, 0) is 16.7 Å². The van der Waals surface area contributed by atoms with Gasteiger partial charge in [-0.3, -0.25) is 0 Å². The number of para-hydroxylation sites is 2. The molecule has 164 valence electrons. The number of aromatic nitrogens is 2. The molecule has 0 aliphatic rings. The summed E-state index contributed by atoms with van der Waals surface area (Å²) in [5.74, 6) is 0.991. The third-order valence-corrected chi connectivity index (χ3v) is 7.01. The number of fused-ring (bicyclic) bond motifs is 1. The van der Waals surface area contributed by atoms with Crippen molar-refractivity contribution >= 4 is 32.8 Å². The van der Waals surface area contributed by atoms with Crippen molar-refractivity contribution in [1.29, 1.82) is 0 Å². The highest BCUT2D eigenvalue weighted by atomic mass is 35.5. The average Bonchev–Trinajstić information content (AvgIpc) is 3.18. The van der Waals surface area contributed by atoms with Gasteiger partial charge in [0, 0.05) is 12.1 Å². The molecule has 33 heavy (non-hydrogen) atoms. The van der Waals surface area contributed by atoms with Crippen molar-refractivity contribution in [3.05, 3.63) is 114 Å². The van der Waals surface area contributed by atoms with Crippen molar-refractivity contribution in [3.63, 3.8) is 0 Å². The van der Waals surface area contributed by atoms with Crippen LogP contribution in [0.3, 0.4) is 0 Å². The molecule has 1 heterocycles. The Kier molecular flexibility index (Phi) is 5.62. The molecule has 0 aliphatic heterocycles. The van der Waals surface area contributed by atoms with E-state index in [1.54, 1.807) is 36.4 Å². The maximum Gasteiger partial charge on any atom is 0.340 e. The van der Waals surface area contributed by atoms with Crippen molar-refractivity contribution in [1.82, 2.24) is 9.55 Å². The van der Waals surface area contributed by atoms with Crippen LogP contribution in [0.1, 0.15) is 5.56 Å². The fourth-order valence-electron chi connectivity index (χ4n) is 3.70. The smallest absolute Gasteiger partial charge is 0.340 e. The summed E-state index contributed by atoms with van der Waals surface area (Å²) in [6, 6.07) is 31.2. The van der Waals surface area contributed by atoms with Gasteiger partial charge in [-0.1, -0.05) is 66.2 Å². The lowest BCUT2D eigenvalue weighted by atomic mass is 10.2. The lowest BCUT2D eigenvalue weighted by Gasteiger charge is -2.11. The average molecular weight is 475 g/mol. The minimum absolute atomic E-state index is 0.0691. The zero-order valence-electron chi connectivity index (χ0n) is 17.4. The van der Waals surface area contributed by atoms with E-state index >= 15 is 0 Å². The van der Waals surface area contributed by atoms with Crippen molar-refractivity contribution in [3.8, 4) is 17.1 Å². The van der Waals surface area contributed by atoms with Gasteiger partial charge < -0.3 is 8.75 Å². The number of imidazole rings is 1. The number of hydrogen-bond acceptors (Lipinski definition) is 4. The van der Waals surface area contributed by atoms with E-state index in [1.807, 2.05) is 42.5 Å². The quantitative estimate of drug-likeness (QED) is 0.276. The minimum atomic E-state index is -4.04. The molecule has 0 bridgehead atoms. The molecule has 7 heteroatoms. The predicted molar refractivity (Wildman–Crippen MR) is 130 cm³/mol. The zero-order valence-corrected chi connectivity index (χ0v) is 19.0. The molecule has 0 atom stereocenters. The van der Waals surface area contributed by atoms with Gasteiger partial charge in [0.25, 0.3) is 0 Å². The van der Waals surface area contributed by atoms with Crippen LogP contribution in [-0.4, -0.2) is 18.0 Å². The van der Waals surface area contributed by atoms with Crippen LogP contribution in [0.15, 0.2) is 108 Å². The largest absolute Gasteiger partial charge is 0.379 e. The molecule has 0 spiro atoms. The first-order chi connectivity index (χ1) is 16.0. The third kappa shape index (κ3) is 4.35. The fraction of sp³-hybridized carbons (Fsp3) is 0.0385. The molecule has 1 aromatic heterocycles. The molecule has 5 rings (SSSR count). The van der Waals surface area contributed by atoms with Gasteiger partial charge in [-0.05, 0) is 54.1 Å². The second-order valence-electron chi connectivity index (χ2n) is 7.49. The monoisotopic (exact) mass is 474 g/mol. The lowest BCUT2D eigenvalue weighted by Crippen LogP contribution is -2.10. The Morgan fingerprint density at radius 3 is 2.21 bits per heavy atom. The summed E-state index contributed by atoms with van der Waals surface area (Å²) in [5, 5.41) is 0.115. The van der Waals surface area contributed by atoms with E-state index in [0.29, 0.717) is 6.54 Å². The van der Waals surface area contributed by atoms with E-state index in [4.69, 9.17) is 20.8 Å². The van der Waals surface area contributed by atoms with Crippen molar-refractivity contribution < 1.29 is 12.6 Å². The van der Waals surface area contributed by atoms with Gasteiger partial charge in [-0.15, -0.1) is 0 Å². The van der Waals surface area contributed by atoms with Gasteiger partial charge in [0.1, 0.15) is 16.5 Å². The molecule has 0 amide bonds. The van der Waals surface area contributed by atoms with E-state index in [-0.39, 0.29) is 15.7 Å². The van der Waals surface area contributed by atoms with Crippen LogP contribution >= 0.6 is 11.6 Å². The minimum Gasteiger partial charge on any atom is -0.379 e. The summed E-state index contributed by atoms with van der Waals surface area (Å²) in [5.41, 5.74) is 3.93.